The van der Waals surface area contributed by atoms with Gasteiger partial charge in [-0.05, 0) is 72.7 Å². The first kappa shape index (κ1) is 28.3. The lowest BCUT2D eigenvalue weighted by Gasteiger charge is -2.25. The van der Waals surface area contributed by atoms with Gasteiger partial charge in [-0.25, -0.2) is 9.11 Å². The molecule has 2 atom stereocenters. The maximum Gasteiger partial charge on any atom is 0.243 e. The van der Waals surface area contributed by atoms with Gasteiger partial charge in [0.15, 0.2) is 0 Å². The number of unbranched alkanes of at least 4 members (excludes halogenated alkanes) is 1. The van der Waals surface area contributed by atoms with E-state index in [-0.39, 0.29) is 24.2 Å². The van der Waals surface area contributed by atoms with Crippen LogP contribution in [0.3, 0.4) is 0 Å². The second-order valence-electron chi connectivity index (χ2n) is 8.42. The number of aldehydes is 1. The highest BCUT2D eigenvalue weighted by atomic mass is 32.2. The summed E-state index contributed by atoms with van der Waals surface area (Å²) in [5, 5.41) is 5.31. The second kappa shape index (κ2) is 15.2. The van der Waals surface area contributed by atoms with Crippen LogP contribution >= 0.6 is 11.9 Å². The largest absolute Gasteiger partial charge is 0.494 e. The Morgan fingerprint density at radius 1 is 1.06 bits per heavy atom. The SMILES string of the molecule is CCCCOc1ccc(C[C@H](NSc2ccc(F)cc2)C(=O)NC(C(=O)NCC=O)C(C)C)cc1. The molecule has 2 rings (SSSR count). The van der Waals surface area contributed by atoms with E-state index in [0.29, 0.717) is 19.3 Å². The highest BCUT2D eigenvalue weighted by Crippen LogP contribution is 2.19. The van der Waals surface area contributed by atoms with Crippen molar-refractivity contribution in [2.24, 2.45) is 5.92 Å². The van der Waals surface area contributed by atoms with Crippen LogP contribution in [0.5, 0.6) is 5.75 Å². The van der Waals surface area contributed by atoms with Crippen molar-refractivity contribution in [3.63, 3.8) is 0 Å². The molecule has 0 radical (unpaired) electrons. The lowest BCUT2D eigenvalue weighted by molar-refractivity contribution is -0.131. The van der Waals surface area contributed by atoms with E-state index >= 15 is 0 Å². The van der Waals surface area contributed by atoms with Gasteiger partial charge in [0.2, 0.25) is 11.8 Å². The van der Waals surface area contributed by atoms with Gasteiger partial charge in [-0.15, -0.1) is 0 Å². The molecule has 2 aromatic carbocycles. The molecule has 2 aromatic rings. The summed E-state index contributed by atoms with van der Waals surface area (Å²) in [6, 6.07) is 12.0. The number of rotatable bonds is 15. The van der Waals surface area contributed by atoms with Crippen LogP contribution in [0.2, 0.25) is 0 Å². The zero-order valence-electron chi connectivity index (χ0n) is 20.4. The first-order chi connectivity index (χ1) is 16.8. The molecule has 0 aromatic heterocycles. The summed E-state index contributed by atoms with van der Waals surface area (Å²) in [5.74, 6) is -0.535. The van der Waals surface area contributed by atoms with Crippen LogP contribution in [0, 0.1) is 11.7 Å². The van der Waals surface area contributed by atoms with Crippen LogP contribution in [0.25, 0.3) is 0 Å². The number of nitrogens with one attached hydrogen (secondary N) is 3. The van der Waals surface area contributed by atoms with Gasteiger partial charge in [-0.3, -0.25) is 9.59 Å². The minimum absolute atomic E-state index is 0.118. The van der Waals surface area contributed by atoms with Gasteiger partial charge in [0.25, 0.3) is 0 Å². The Kier molecular flexibility index (Phi) is 12.3. The van der Waals surface area contributed by atoms with Crippen LogP contribution in [0.1, 0.15) is 39.2 Å². The first-order valence-corrected chi connectivity index (χ1v) is 12.6. The lowest BCUT2D eigenvalue weighted by atomic mass is 10.0. The van der Waals surface area contributed by atoms with Crippen LogP contribution in [0.4, 0.5) is 4.39 Å². The van der Waals surface area contributed by atoms with Crippen molar-refractivity contribution in [3.8, 4) is 5.75 Å². The third-order valence-corrected chi connectivity index (χ3v) is 6.10. The van der Waals surface area contributed by atoms with Gasteiger partial charge in [0.1, 0.15) is 29.9 Å². The van der Waals surface area contributed by atoms with Gasteiger partial charge in [-0.1, -0.05) is 39.3 Å². The minimum atomic E-state index is -0.795. The summed E-state index contributed by atoms with van der Waals surface area (Å²) in [5.41, 5.74) is 0.909. The number of ether oxygens (including phenoxy) is 1. The van der Waals surface area contributed by atoms with Crippen LogP contribution in [-0.4, -0.2) is 43.3 Å². The fraction of sp³-hybridized carbons (Fsp3) is 0.423. The van der Waals surface area contributed by atoms with Crippen molar-refractivity contribution in [1.82, 2.24) is 15.4 Å². The van der Waals surface area contributed by atoms with Crippen molar-refractivity contribution < 1.29 is 23.5 Å². The van der Waals surface area contributed by atoms with Crippen molar-refractivity contribution in [1.29, 1.82) is 0 Å². The predicted octanol–water partition coefficient (Wildman–Crippen LogP) is 3.67. The van der Waals surface area contributed by atoms with Gasteiger partial charge < -0.3 is 20.2 Å². The number of amides is 2. The maximum absolute atomic E-state index is 13.3. The molecule has 0 aliphatic rings. The molecule has 3 N–H and O–H groups in total. The number of hydrogen-bond acceptors (Lipinski definition) is 6. The molecule has 7 nitrogen and oxygen atoms in total. The Balaban J connectivity index is 2.13. The maximum atomic E-state index is 13.3. The summed E-state index contributed by atoms with van der Waals surface area (Å²) in [7, 11) is 0. The van der Waals surface area contributed by atoms with E-state index in [0.717, 1.165) is 29.1 Å². The average Bonchev–Trinajstić information content (AvgIpc) is 2.85. The standard InChI is InChI=1S/C26H34FN3O4S/c1-4-5-16-34-21-10-6-19(7-11-21)17-23(30-35-22-12-8-20(27)9-13-22)25(32)29-24(18(2)3)26(33)28-14-15-31/h6-13,15,18,23-24,30H,4-5,14,16-17H2,1-3H3,(H,28,33)(H,29,32)/t23-,24?/m0/s1. The minimum Gasteiger partial charge on any atom is -0.494 e. The van der Waals surface area contributed by atoms with E-state index in [1.54, 1.807) is 12.1 Å². The molecule has 0 bridgehead atoms. The summed E-state index contributed by atoms with van der Waals surface area (Å²) in [6.45, 7) is 6.27. The Bertz CT molecular complexity index is 939. The molecule has 0 saturated carbocycles. The molecule has 0 aliphatic carbocycles. The molecule has 0 aliphatic heterocycles. The second-order valence-corrected chi connectivity index (χ2v) is 9.33. The number of carbonyl (C=O) groups excluding carboxylic acids is 3. The normalized spacial score (nSPS) is 12.6. The molecule has 9 heteroatoms. The molecule has 0 heterocycles. The van der Waals surface area contributed by atoms with Crippen LogP contribution < -0.4 is 20.1 Å². The van der Waals surface area contributed by atoms with Crippen LogP contribution in [0.15, 0.2) is 53.4 Å². The van der Waals surface area contributed by atoms with E-state index < -0.39 is 18.0 Å². The number of benzene rings is 2. The van der Waals surface area contributed by atoms with E-state index in [1.807, 2.05) is 38.1 Å². The topological polar surface area (TPSA) is 96.5 Å². The van der Waals surface area contributed by atoms with Crippen molar-refractivity contribution >= 4 is 30.0 Å². The lowest BCUT2D eigenvalue weighted by Crippen LogP contribution is -2.54. The fourth-order valence-electron chi connectivity index (χ4n) is 3.16. The summed E-state index contributed by atoms with van der Waals surface area (Å²) in [4.78, 5) is 37.1. The Morgan fingerprint density at radius 3 is 2.34 bits per heavy atom. The molecule has 0 fully saturated rings. The fourth-order valence-corrected chi connectivity index (χ4v) is 3.90. The highest BCUT2D eigenvalue weighted by molar-refractivity contribution is 7.97. The number of carbonyl (C=O) groups is 3. The van der Waals surface area contributed by atoms with Gasteiger partial charge >= 0.3 is 0 Å². The van der Waals surface area contributed by atoms with Gasteiger partial charge in [0.05, 0.1) is 13.2 Å². The highest BCUT2D eigenvalue weighted by Gasteiger charge is 2.28. The molecule has 190 valence electrons. The zero-order chi connectivity index (χ0) is 25.6. The third kappa shape index (κ3) is 10.1. The van der Waals surface area contributed by atoms with Crippen LogP contribution in [-0.2, 0) is 20.8 Å². The quantitative estimate of drug-likeness (QED) is 0.195. The molecule has 2 amide bonds. The van der Waals surface area contributed by atoms with E-state index in [4.69, 9.17) is 4.74 Å². The molecule has 0 saturated heterocycles. The molecular weight excluding hydrogens is 469 g/mol. The van der Waals surface area contributed by atoms with Gasteiger partial charge in [0, 0.05) is 4.90 Å². The van der Waals surface area contributed by atoms with E-state index in [9.17, 15) is 18.8 Å². The summed E-state index contributed by atoms with van der Waals surface area (Å²) in [6.07, 6.45) is 2.98. The molecular formula is C26H34FN3O4S. The Labute approximate surface area is 210 Å². The molecule has 1 unspecified atom stereocenters. The third-order valence-electron chi connectivity index (χ3n) is 5.19. The Hall–Kier alpha value is -2.91. The van der Waals surface area contributed by atoms with E-state index in [1.165, 1.54) is 24.1 Å². The molecule has 0 spiro atoms. The summed E-state index contributed by atoms with van der Waals surface area (Å²) < 4.78 is 22.1. The van der Waals surface area contributed by atoms with Crippen molar-refractivity contribution in [2.45, 2.75) is 57.0 Å². The van der Waals surface area contributed by atoms with Gasteiger partial charge in [-0.2, -0.15) is 0 Å². The van der Waals surface area contributed by atoms with E-state index in [2.05, 4.69) is 22.3 Å². The zero-order valence-corrected chi connectivity index (χ0v) is 21.2. The Morgan fingerprint density at radius 2 is 1.74 bits per heavy atom. The molecule has 35 heavy (non-hydrogen) atoms. The average molecular weight is 504 g/mol. The van der Waals surface area contributed by atoms with Crippen molar-refractivity contribution in [3.05, 3.63) is 59.9 Å². The summed E-state index contributed by atoms with van der Waals surface area (Å²) >= 11 is 1.21. The predicted molar refractivity (Wildman–Crippen MR) is 136 cm³/mol. The monoisotopic (exact) mass is 503 g/mol. The smallest absolute Gasteiger partial charge is 0.243 e. The van der Waals surface area contributed by atoms with Crippen molar-refractivity contribution in [2.75, 3.05) is 13.2 Å². The number of hydrogen-bond donors (Lipinski definition) is 3. The first-order valence-electron chi connectivity index (χ1n) is 11.8. The number of halogens is 1.